The molecule has 0 radical (unpaired) electrons. The van der Waals surface area contributed by atoms with E-state index in [4.69, 9.17) is 0 Å². The zero-order chi connectivity index (χ0) is 54.1. The molecule has 0 aromatic rings. The Morgan fingerprint density at radius 3 is 0.933 bits per heavy atom. The third-order valence-electron chi connectivity index (χ3n) is 14.5. The Labute approximate surface area is 467 Å². The highest BCUT2D eigenvalue weighted by Gasteiger charge is 2.18. The number of allylic oxidation sites excluding steroid dienone is 17. The number of amides is 1. The van der Waals surface area contributed by atoms with Crippen molar-refractivity contribution >= 4 is 5.91 Å². The van der Waals surface area contributed by atoms with Crippen molar-refractivity contribution in [3.05, 3.63) is 109 Å². The molecular weight excluding hydrogens is 915 g/mol. The average molecular weight is 1040 g/mol. The number of hydrogen-bond donors (Lipinski definition) is 3. The van der Waals surface area contributed by atoms with Gasteiger partial charge in [0, 0.05) is 6.42 Å². The van der Waals surface area contributed by atoms with E-state index >= 15 is 0 Å². The summed E-state index contributed by atoms with van der Waals surface area (Å²) in [4.78, 5) is 12.5. The molecule has 2 unspecified atom stereocenters. The summed E-state index contributed by atoms with van der Waals surface area (Å²) >= 11 is 0. The molecule has 0 bridgehead atoms. The molecule has 0 saturated heterocycles. The smallest absolute Gasteiger partial charge is 0.220 e. The number of unbranched alkanes of at least 4 members (excludes halogenated alkanes) is 36. The predicted molar refractivity (Wildman–Crippen MR) is 336 cm³/mol. The van der Waals surface area contributed by atoms with Gasteiger partial charge in [0.15, 0.2) is 0 Å². The summed E-state index contributed by atoms with van der Waals surface area (Å²) in [6.07, 6.45) is 98.6. The largest absolute Gasteiger partial charge is 0.394 e. The average Bonchev–Trinajstić information content (AvgIpc) is 3.41. The number of carbonyl (C=O) groups excluding carboxylic acids is 1. The van der Waals surface area contributed by atoms with Crippen LogP contribution in [0, 0.1) is 0 Å². The minimum Gasteiger partial charge on any atom is -0.394 e. The highest BCUT2D eigenvalue weighted by atomic mass is 16.3. The quantitative estimate of drug-likeness (QED) is 0.0420. The van der Waals surface area contributed by atoms with E-state index in [-0.39, 0.29) is 12.5 Å². The molecule has 0 aromatic carbocycles. The maximum absolute atomic E-state index is 12.5. The molecule has 0 saturated carbocycles. The molecule has 0 fully saturated rings. The fourth-order valence-corrected chi connectivity index (χ4v) is 9.57. The monoisotopic (exact) mass is 1040 g/mol. The molecule has 4 nitrogen and oxygen atoms in total. The molecule has 432 valence electrons. The fraction of sp³-hybridized carbons (Fsp3) is 0.732. The van der Waals surface area contributed by atoms with Gasteiger partial charge < -0.3 is 15.5 Å². The van der Waals surface area contributed by atoms with Gasteiger partial charge in [-0.25, -0.2) is 0 Å². The Kier molecular flexibility index (Phi) is 62.8. The van der Waals surface area contributed by atoms with Crippen molar-refractivity contribution < 1.29 is 15.0 Å². The molecule has 2 atom stereocenters. The SMILES string of the molecule is CC/C=C\C/C=C\C/C=C\C/C=C\C/C=C\C/C=C\CCCCCCCCCCCCCCCCC(=O)NC(CO)C(O)/C=C/CC/C=C/CC/C=C/CCCCCCCCCCCCCCCCCCCCCC. The lowest BCUT2D eigenvalue weighted by Crippen LogP contribution is -2.45. The number of carbonyl (C=O) groups is 1. The van der Waals surface area contributed by atoms with E-state index in [0.29, 0.717) is 6.42 Å². The summed E-state index contributed by atoms with van der Waals surface area (Å²) in [5.74, 6) is -0.0795. The summed E-state index contributed by atoms with van der Waals surface area (Å²) in [6.45, 7) is 4.20. The van der Waals surface area contributed by atoms with Crippen LogP contribution in [0.5, 0.6) is 0 Å². The lowest BCUT2D eigenvalue weighted by Gasteiger charge is -2.19. The van der Waals surface area contributed by atoms with Crippen molar-refractivity contribution in [2.24, 2.45) is 0 Å². The summed E-state index contributed by atoms with van der Waals surface area (Å²) in [5.41, 5.74) is 0. The second-order valence-corrected chi connectivity index (χ2v) is 21.8. The van der Waals surface area contributed by atoms with Crippen molar-refractivity contribution in [2.45, 2.75) is 328 Å². The van der Waals surface area contributed by atoms with Crippen molar-refractivity contribution in [3.63, 3.8) is 0 Å². The zero-order valence-electron chi connectivity index (χ0n) is 49.8. The van der Waals surface area contributed by atoms with Gasteiger partial charge in [0.25, 0.3) is 0 Å². The van der Waals surface area contributed by atoms with E-state index in [9.17, 15) is 15.0 Å². The van der Waals surface area contributed by atoms with Gasteiger partial charge in [-0.2, -0.15) is 0 Å². The summed E-state index contributed by atoms with van der Waals surface area (Å²) < 4.78 is 0. The van der Waals surface area contributed by atoms with Crippen molar-refractivity contribution in [3.8, 4) is 0 Å². The second kappa shape index (κ2) is 65.3. The Morgan fingerprint density at radius 2 is 0.600 bits per heavy atom. The second-order valence-electron chi connectivity index (χ2n) is 21.8. The molecular formula is C71H125NO3. The number of aliphatic hydroxyl groups is 2. The minimum atomic E-state index is -0.878. The van der Waals surface area contributed by atoms with Gasteiger partial charge >= 0.3 is 0 Å². The Bertz CT molecular complexity index is 1410. The van der Waals surface area contributed by atoms with Crippen LogP contribution in [0.25, 0.3) is 0 Å². The number of hydrogen-bond acceptors (Lipinski definition) is 3. The first kappa shape index (κ1) is 72.0. The van der Waals surface area contributed by atoms with Crippen LogP contribution < -0.4 is 5.32 Å². The van der Waals surface area contributed by atoms with Crippen LogP contribution in [0.1, 0.15) is 316 Å². The molecule has 0 aromatic heterocycles. The predicted octanol–water partition coefficient (Wildman–Crippen LogP) is 22.2. The van der Waals surface area contributed by atoms with Crippen LogP contribution in [0.2, 0.25) is 0 Å². The summed E-state index contributed by atoms with van der Waals surface area (Å²) in [7, 11) is 0. The molecule has 0 spiro atoms. The molecule has 0 aliphatic rings. The van der Waals surface area contributed by atoms with Gasteiger partial charge in [-0.05, 0) is 96.3 Å². The van der Waals surface area contributed by atoms with E-state index in [0.717, 1.165) is 77.0 Å². The topological polar surface area (TPSA) is 69.6 Å². The van der Waals surface area contributed by atoms with Gasteiger partial charge in [-0.15, -0.1) is 0 Å². The number of aliphatic hydroxyl groups excluding tert-OH is 2. The zero-order valence-corrected chi connectivity index (χ0v) is 49.8. The van der Waals surface area contributed by atoms with Crippen molar-refractivity contribution in [2.75, 3.05) is 6.61 Å². The molecule has 0 heterocycles. The van der Waals surface area contributed by atoms with Gasteiger partial charge in [0.05, 0.1) is 18.8 Å². The van der Waals surface area contributed by atoms with Crippen molar-refractivity contribution in [1.29, 1.82) is 0 Å². The molecule has 0 aliphatic heterocycles. The van der Waals surface area contributed by atoms with Crippen molar-refractivity contribution in [1.82, 2.24) is 5.32 Å². The summed E-state index contributed by atoms with van der Waals surface area (Å²) in [6, 6.07) is -0.654. The van der Waals surface area contributed by atoms with Gasteiger partial charge in [0.1, 0.15) is 0 Å². The van der Waals surface area contributed by atoms with Crippen LogP contribution in [-0.4, -0.2) is 34.9 Å². The first-order valence-electron chi connectivity index (χ1n) is 32.6. The maximum Gasteiger partial charge on any atom is 0.220 e. The normalized spacial score (nSPS) is 13.5. The lowest BCUT2D eigenvalue weighted by atomic mass is 10.0. The van der Waals surface area contributed by atoms with E-state index in [1.807, 2.05) is 6.08 Å². The lowest BCUT2D eigenvalue weighted by molar-refractivity contribution is -0.123. The highest BCUT2D eigenvalue weighted by molar-refractivity contribution is 5.76. The molecule has 0 aliphatic carbocycles. The van der Waals surface area contributed by atoms with E-state index in [2.05, 4.69) is 116 Å². The molecule has 75 heavy (non-hydrogen) atoms. The van der Waals surface area contributed by atoms with Crippen LogP contribution in [0.3, 0.4) is 0 Å². The number of rotatable bonds is 59. The van der Waals surface area contributed by atoms with Crippen LogP contribution in [0.15, 0.2) is 109 Å². The number of nitrogens with one attached hydrogen (secondary N) is 1. The van der Waals surface area contributed by atoms with E-state index in [1.54, 1.807) is 6.08 Å². The Morgan fingerprint density at radius 1 is 0.333 bits per heavy atom. The molecule has 4 heteroatoms. The third-order valence-corrected chi connectivity index (χ3v) is 14.5. The van der Waals surface area contributed by atoms with Crippen LogP contribution in [0.4, 0.5) is 0 Å². The molecule has 3 N–H and O–H groups in total. The van der Waals surface area contributed by atoms with Gasteiger partial charge in [-0.1, -0.05) is 322 Å². The maximum atomic E-state index is 12.5. The van der Waals surface area contributed by atoms with E-state index in [1.165, 1.54) is 218 Å². The first-order chi connectivity index (χ1) is 37.2. The van der Waals surface area contributed by atoms with Gasteiger partial charge in [0.2, 0.25) is 5.91 Å². The minimum absolute atomic E-state index is 0.0795. The molecule has 1 amide bonds. The standard InChI is InChI=1S/C71H125NO3/c1-3-5-7-9-11-13-15-17-19-21-23-25-27-29-31-33-35-36-37-39-41-43-45-47-49-51-53-55-57-59-61-63-65-67-71(75)72-69(68-73)70(74)66-64-62-60-58-56-54-52-50-48-46-44-42-40-38-34-32-30-28-26-24-22-20-18-16-14-12-10-8-6-4-2/h5,7,11,13,17,19,23,25,29,31,35-36,48,50,56,58,64,66,69-70,73-74H,3-4,6,8-10,12,14-16,18,20-22,24,26-28,30,32-34,37-47,49,51-55,57,59-63,65,67-68H2,1-2H3,(H,72,75)/b7-5-,13-11-,19-17-,25-23-,31-29-,36-35-,50-48+,58-56+,66-64+. The fourth-order valence-electron chi connectivity index (χ4n) is 9.57. The highest BCUT2D eigenvalue weighted by Crippen LogP contribution is 2.17. The first-order valence-corrected chi connectivity index (χ1v) is 32.6. The van der Waals surface area contributed by atoms with Gasteiger partial charge in [-0.3, -0.25) is 4.79 Å². The summed E-state index contributed by atoms with van der Waals surface area (Å²) in [5, 5.41) is 23.2. The Hall–Kier alpha value is -2.95. The molecule has 0 rings (SSSR count). The van der Waals surface area contributed by atoms with Crippen LogP contribution >= 0.6 is 0 Å². The Balaban J connectivity index is 3.56. The van der Waals surface area contributed by atoms with Crippen LogP contribution in [-0.2, 0) is 4.79 Å². The van der Waals surface area contributed by atoms with E-state index < -0.39 is 12.1 Å². The third kappa shape index (κ3) is 61.8.